The smallest absolute Gasteiger partial charge is 0.230 e. The number of benzene rings is 2. The fourth-order valence-electron chi connectivity index (χ4n) is 5.33. The second kappa shape index (κ2) is 11.1. The van der Waals surface area contributed by atoms with Gasteiger partial charge in [-0.05, 0) is 48.8 Å². The largest absolute Gasteiger partial charge is 0.507 e. The molecule has 3 N–H and O–H groups in total. The summed E-state index contributed by atoms with van der Waals surface area (Å²) in [5.74, 6) is 1.06. The number of phenols is 1. The second-order valence-corrected chi connectivity index (χ2v) is 9.78. The highest BCUT2D eigenvalue weighted by atomic mass is 16.3. The maximum absolute atomic E-state index is 13.3. The zero-order valence-corrected chi connectivity index (χ0v) is 21.0. The Morgan fingerprint density at radius 1 is 1.00 bits per heavy atom. The van der Waals surface area contributed by atoms with Gasteiger partial charge in [0.2, 0.25) is 5.91 Å². The maximum Gasteiger partial charge on any atom is 0.230 e. The van der Waals surface area contributed by atoms with Gasteiger partial charge >= 0.3 is 0 Å². The molecule has 37 heavy (non-hydrogen) atoms. The molecule has 0 aliphatic heterocycles. The van der Waals surface area contributed by atoms with Crippen molar-refractivity contribution in [2.75, 3.05) is 18.4 Å². The molecule has 0 saturated heterocycles. The number of aromatic nitrogens is 3. The van der Waals surface area contributed by atoms with Crippen LogP contribution < -0.4 is 16.1 Å². The predicted molar refractivity (Wildman–Crippen MR) is 147 cm³/mol. The molecule has 1 amide bonds. The minimum Gasteiger partial charge on any atom is -0.507 e. The number of hydrogen-bond acceptors (Lipinski definition) is 5. The van der Waals surface area contributed by atoms with Gasteiger partial charge in [0, 0.05) is 30.9 Å². The number of para-hydroxylation sites is 1. The molecule has 1 aliphatic rings. The number of anilines is 1. The third-order valence-electron chi connectivity index (χ3n) is 7.34. The average Bonchev–Trinajstić information content (AvgIpc) is 3.32. The number of unbranched alkanes of at least 4 members (excludes halogenated alkanes) is 1. The maximum atomic E-state index is 13.3. The molecular formula is C29H32BN5O2. The predicted octanol–water partition coefficient (Wildman–Crippen LogP) is 4.11. The number of hydrogen-bond donors (Lipinski definition) is 3. The van der Waals surface area contributed by atoms with Crippen LogP contribution >= 0.6 is 0 Å². The molecule has 0 unspecified atom stereocenters. The molecule has 2 aromatic carbocycles. The van der Waals surface area contributed by atoms with Gasteiger partial charge in [0.05, 0.1) is 11.1 Å². The Balaban J connectivity index is 1.20. The molecular weight excluding hydrogens is 461 g/mol. The topological polar surface area (TPSA) is 91.5 Å². The highest BCUT2D eigenvalue weighted by Gasteiger charge is 2.40. The van der Waals surface area contributed by atoms with Gasteiger partial charge in [-0.1, -0.05) is 61.7 Å². The molecule has 7 nitrogen and oxygen atoms in total. The molecule has 2 aromatic heterocycles. The van der Waals surface area contributed by atoms with E-state index in [1.165, 1.54) is 6.42 Å². The van der Waals surface area contributed by atoms with E-state index in [-0.39, 0.29) is 11.7 Å². The third-order valence-corrected chi connectivity index (χ3v) is 7.34. The highest BCUT2D eigenvalue weighted by Crippen LogP contribution is 2.39. The van der Waals surface area contributed by atoms with Gasteiger partial charge in [0.1, 0.15) is 19.4 Å². The van der Waals surface area contributed by atoms with Crippen LogP contribution in [-0.2, 0) is 10.2 Å². The molecule has 188 valence electrons. The Hall–Kier alpha value is -3.81. The lowest BCUT2D eigenvalue weighted by Gasteiger charge is -2.36. The Labute approximate surface area is 218 Å². The molecule has 5 rings (SSSR count). The summed E-state index contributed by atoms with van der Waals surface area (Å²) in [5, 5.41) is 21.3. The lowest BCUT2D eigenvalue weighted by molar-refractivity contribution is -0.128. The molecule has 2 heterocycles. The molecule has 0 bridgehead atoms. The molecule has 1 fully saturated rings. The van der Waals surface area contributed by atoms with E-state index in [2.05, 4.69) is 32.8 Å². The van der Waals surface area contributed by atoms with Crippen molar-refractivity contribution in [2.45, 2.75) is 50.4 Å². The minimum atomic E-state index is -0.403. The lowest BCUT2D eigenvalue weighted by Crippen LogP contribution is -2.46. The summed E-state index contributed by atoms with van der Waals surface area (Å²) in [6.45, 7) is 1.33. The fourth-order valence-corrected chi connectivity index (χ4v) is 5.33. The average molecular weight is 493 g/mol. The summed E-state index contributed by atoms with van der Waals surface area (Å²) < 4.78 is 1.67. The number of aromatic hydroxyl groups is 1. The van der Waals surface area contributed by atoms with Crippen LogP contribution in [-0.4, -0.2) is 46.5 Å². The Bertz CT molecular complexity index is 1370. The van der Waals surface area contributed by atoms with E-state index >= 15 is 0 Å². The van der Waals surface area contributed by atoms with E-state index in [4.69, 9.17) is 7.85 Å². The summed E-state index contributed by atoms with van der Waals surface area (Å²) in [7, 11) is 6.09. The highest BCUT2D eigenvalue weighted by molar-refractivity contribution is 6.36. The zero-order valence-electron chi connectivity index (χ0n) is 21.0. The van der Waals surface area contributed by atoms with Crippen LogP contribution in [0.2, 0.25) is 0 Å². The number of carbonyl (C=O) groups excluding carboxylic acids is 1. The van der Waals surface area contributed by atoms with Gasteiger partial charge < -0.3 is 15.7 Å². The molecule has 4 aromatic rings. The van der Waals surface area contributed by atoms with Gasteiger partial charge in [-0.25, -0.2) is 4.98 Å². The SMILES string of the molecule is [B]c1cnn2c(NCCCCNC(=O)C3(c4ccccc4)CCCCC3)cc(-c3ccccc3O)nc12. The van der Waals surface area contributed by atoms with Crippen molar-refractivity contribution >= 4 is 30.7 Å². The number of carbonyl (C=O) groups is 1. The first-order valence-corrected chi connectivity index (χ1v) is 13.1. The summed E-state index contributed by atoms with van der Waals surface area (Å²) in [6, 6.07) is 19.2. The molecule has 8 heteroatoms. The van der Waals surface area contributed by atoms with Crippen LogP contribution in [0.3, 0.4) is 0 Å². The molecule has 0 spiro atoms. The number of phenolic OH excluding ortho intramolecular Hbond substituents is 1. The first-order chi connectivity index (χ1) is 18.1. The molecule has 1 saturated carbocycles. The van der Waals surface area contributed by atoms with Crippen molar-refractivity contribution in [3.8, 4) is 17.0 Å². The second-order valence-electron chi connectivity index (χ2n) is 9.78. The molecule has 0 atom stereocenters. The van der Waals surface area contributed by atoms with E-state index in [0.29, 0.717) is 35.5 Å². The van der Waals surface area contributed by atoms with Gasteiger partial charge in [0.15, 0.2) is 5.65 Å². The molecule has 1 aliphatic carbocycles. The Morgan fingerprint density at radius 3 is 2.51 bits per heavy atom. The van der Waals surface area contributed by atoms with Crippen LogP contribution in [0.4, 0.5) is 5.82 Å². The van der Waals surface area contributed by atoms with Crippen LogP contribution in [0.1, 0.15) is 50.5 Å². The van der Waals surface area contributed by atoms with Crippen molar-refractivity contribution in [1.82, 2.24) is 19.9 Å². The Morgan fingerprint density at radius 2 is 1.73 bits per heavy atom. The van der Waals surface area contributed by atoms with Crippen LogP contribution in [0.15, 0.2) is 66.9 Å². The first-order valence-electron chi connectivity index (χ1n) is 13.1. The van der Waals surface area contributed by atoms with Crippen molar-refractivity contribution in [3.63, 3.8) is 0 Å². The van der Waals surface area contributed by atoms with Gasteiger partial charge in [-0.15, -0.1) is 0 Å². The first kappa shape index (κ1) is 24.9. The number of fused-ring (bicyclic) bond motifs is 1. The van der Waals surface area contributed by atoms with Crippen LogP contribution in [0.5, 0.6) is 5.75 Å². The third kappa shape index (κ3) is 5.19. The van der Waals surface area contributed by atoms with Gasteiger partial charge in [-0.3, -0.25) is 4.79 Å². The van der Waals surface area contributed by atoms with E-state index in [1.54, 1.807) is 22.8 Å². The summed E-state index contributed by atoms with van der Waals surface area (Å²) in [5.41, 5.74) is 2.99. The number of amides is 1. The summed E-state index contributed by atoms with van der Waals surface area (Å²) in [6.07, 6.45) is 8.50. The van der Waals surface area contributed by atoms with E-state index < -0.39 is 5.41 Å². The summed E-state index contributed by atoms with van der Waals surface area (Å²) in [4.78, 5) is 18.0. The number of rotatable bonds is 9. The van der Waals surface area contributed by atoms with E-state index in [1.807, 2.05) is 36.4 Å². The minimum absolute atomic E-state index is 0.154. The van der Waals surface area contributed by atoms with Gasteiger partial charge in [0.25, 0.3) is 0 Å². The van der Waals surface area contributed by atoms with Crippen molar-refractivity contribution in [3.05, 3.63) is 72.4 Å². The number of nitrogens with one attached hydrogen (secondary N) is 2. The standard InChI is InChI=1S/C29H32BN5O2/c30-23-20-33-35-26(19-24(34-27(23)35)22-13-5-6-14-25(22)36)31-17-9-10-18-32-28(37)29(15-7-2-8-16-29)21-11-3-1-4-12-21/h1,3-6,11-14,19-20,31,36H,2,7-10,15-18H2,(H,32,37). The van der Waals surface area contributed by atoms with Crippen molar-refractivity contribution < 1.29 is 9.90 Å². The number of nitrogens with zero attached hydrogens (tertiary/aromatic N) is 3. The zero-order chi connectivity index (χ0) is 25.7. The van der Waals surface area contributed by atoms with E-state index in [9.17, 15) is 9.90 Å². The monoisotopic (exact) mass is 493 g/mol. The Kier molecular flexibility index (Phi) is 7.44. The van der Waals surface area contributed by atoms with Crippen molar-refractivity contribution in [1.29, 1.82) is 0 Å². The fraction of sp³-hybridized carbons (Fsp3) is 0.345. The van der Waals surface area contributed by atoms with Crippen LogP contribution in [0.25, 0.3) is 16.9 Å². The summed E-state index contributed by atoms with van der Waals surface area (Å²) >= 11 is 0. The molecule has 2 radical (unpaired) electrons. The lowest BCUT2D eigenvalue weighted by atomic mass is 9.68. The normalized spacial score (nSPS) is 14.9. The van der Waals surface area contributed by atoms with E-state index in [0.717, 1.165) is 49.9 Å². The van der Waals surface area contributed by atoms with Crippen LogP contribution in [0, 0.1) is 0 Å². The quantitative estimate of drug-likeness (QED) is 0.241. The van der Waals surface area contributed by atoms with Crippen molar-refractivity contribution in [2.24, 2.45) is 0 Å². The van der Waals surface area contributed by atoms with Gasteiger partial charge in [-0.2, -0.15) is 9.61 Å².